The molecule has 0 amide bonds. The minimum Gasteiger partial charge on any atom is -0.504 e. The number of methoxy groups -OCH3 is 1. The smallest absolute Gasteiger partial charge is 0.160 e. The van der Waals surface area contributed by atoms with Gasteiger partial charge in [0.2, 0.25) is 0 Å². The first kappa shape index (κ1) is 16.1. The topological polar surface area (TPSA) is 55.3 Å². The molecule has 2 rings (SSSR count). The molecule has 0 aliphatic carbocycles. The van der Waals surface area contributed by atoms with Crippen molar-refractivity contribution in [2.24, 2.45) is 5.92 Å². The molecule has 4 nitrogen and oxygen atoms in total. The number of aromatic hydroxyl groups is 1. The lowest BCUT2D eigenvalue weighted by Gasteiger charge is -2.35. The standard InChI is InChI=1S/C17H27NO3/c1-17(2)11-13(7-9-21-17)6-8-18-12-14-4-5-15(19)16(10-14)20-3/h4-5,10,13,18-19H,6-9,11-12H2,1-3H3/p+1/t13-/m0/s1. The zero-order valence-electron chi connectivity index (χ0n) is 13.4. The molecule has 0 unspecified atom stereocenters. The van der Waals surface area contributed by atoms with Crippen LogP contribution in [0.3, 0.4) is 0 Å². The zero-order chi connectivity index (χ0) is 15.3. The van der Waals surface area contributed by atoms with Gasteiger partial charge in [0, 0.05) is 12.2 Å². The van der Waals surface area contributed by atoms with Gasteiger partial charge in [0.1, 0.15) is 6.54 Å². The van der Waals surface area contributed by atoms with Crippen LogP contribution in [0.4, 0.5) is 0 Å². The lowest BCUT2D eigenvalue weighted by molar-refractivity contribution is -0.671. The highest BCUT2D eigenvalue weighted by molar-refractivity contribution is 5.41. The summed E-state index contributed by atoms with van der Waals surface area (Å²) in [5.74, 6) is 1.53. The van der Waals surface area contributed by atoms with Crippen molar-refractivity contribution in [3.8, 4) is 11.5 Å². The van der Waals surface area contributed by atoms with Crippen LogP contribution in [-0.2, 0) is 11.3 Å². The highest BCUT2D eigenvalue weighted by atomic mass is 16.5. The summed E-state index contributed by atoms with van der Waals surface area (Å²) in [7, 11) is 1.58. The van der Waals surface area contributed by atoms with Crippen LogP contribution in [0.2, 0.25) is 0 Å². The molecule has 1 saturated heterocycles. The van der Waals surface area contributed by atoms with Crippen molar-refractivity contribution in [1.82, 2.24) is 0 Å². The van der Waals surface area contributed by atoms with Crippen LogP contribution in [0.5, 0.6) is 11.5 Å². The van der Waals surface area contributed by atoms with E-state index in [1.54, 1.807) is 13.2 Å². The van der Waals surface area contributed by atoms with Crippen molar-refractivity contribution in [2.75, 3.05) is 20.3 Å². The highest BCUT2D eigenvalue weighted by Gasteiger charge is 2.28. The Morgan fingerprint density at radius 1 is 1.43 bits per heavy atom. The Morgan fingerprint density at radius 3 is 2.95 bits per heavy atom. The van der Waals surface area contributed by atoms with E-state index in [0.717, 1.165) is 32.0 Å². The minimum absolute atomic E-state index is 0.0488. The number of rotatable bonds is 6. The van der Waals surface area contributed by atoms with E-state index in [4.69, 9.17) is 9.47 Å². The third-order valence-corrected chi connectivity index (χ3v) is 4.20. The van der Waals surface area contributed by atoms with Gasteiger partial charge in [-0.05, 0) is 57.2 Å². The van der Waals surface area contributed by atoms with Gasteiger partial charge in [-0.15, -0.1) is 0 Å². The van der Waals surface area contributed by atoms with E-state index >= 15 is 0 Å². The molecule has 1 atom stereocenters. The van der Waals surface area contributed by atoms with Gasteiger partial charge >= 0.3 is 0 Å². The summed E-state index contributed by atoms with van der Waals surface area (Å²) in [6, 6.07) is 5.55. The van der Waals surface area contributed by atoms with Crippen LogP contribution in [-0.4, -0.2) is 31.0 Å². The van der Waals surface area contributed by atoms with E-state index in [1.807, 2.05) is 12.1 Å². The lowest BCUT2D eigenvalue weighted by Crippen LogP contribution is -2.82. The molecular formula is C17H28NO3+. The SMILES string of the molecule is COc1cc(C[NH2+]CC[C@H]2CCOC(C)(C)C2)ccc1O. The predicted octanol–water partition coefficient (Wildman–Crippen LogP) is 2.06. The molecule has 1 aliphatic rings. The summed E-state index contributed by atoms with van der Waals surface area (Å²) in [4.78, 5) is 0. The fourth-order valence-electron chi connectivity index (χ4n) is 3.08. The van der Waals surface area contributed by atoms with Gasteiger partial charge in [-0.1, -0.05) is 0 Å². The minimum atomic E-state index is 0.0488. The Kier molecular flexibility index (Phi) is 5.48. The number of hydrogen-bond acceptors (Lipinski definition) is 3. The van der Waals surface area contributed by atoms with Gasteiger partial charge in [0.05, 0.1) is 19.3 Å². The average molecular weight is 294 g/mol. The largest absolute Gasteiger partial charge is 0.504 e. The Morgan fingerprint density at radius 2 is 2.24 bits per heavy atom. The summed E-state index contributed by atoms with van der Waals surface area (Å²) in [6.07, 6.45) is 3.58. The molecule has 1 aromatic rings. The van der Waals surface area contributed by atoms with Crippen molar-refractivity contribution in [1.29, 1.82) is 0 Å². The number of benzene rings is 1. The summed E-state index contributed by atoms with van der Waals surface area (Å²) in [5, 5.41) is 11.9. The average Bonchev–Trinajstić information content (AvgIpc) is 2.44. The molecule has 1 aromatic carbocycles. The van der Waals surface area contributed by atoms with Crippen molar-refractivity contribution in [3.63, 3.8) is 0 Å². The summed E-state index contributed by atoms with van der Waals surface area (Å²) >= 11 is 0. The van der Waals surface area contributed by atoms with Crippen molar-refractivity contribution in [2.45, 2.75) is 45.3 Å². The molecule has 118 valence electrons. The molecule has 0 bridgehead atoms. The maximum atomic E-state index is 9.58. The summed E-state index contributed by atoms with van der Waals surface area (Å²) < 4.78 is 10.9. The van der Waals surface area contributed by atoms with Crippen LogP contribution >= 0.6 is 0 Å². The monoisotopic (exact) mass is 294 g/mol. The molecule has 4 heteroatoms. The molecule has 21 heavy (non-hydrogen) atoms. The number of hydrogen-bond donors (Lipinski definition) is 2. The van der Waals surface area contributed by atoms with E-state index in [-0.39, 0.29) is 11.4 Å². The highest BCUT2D eigenvalue weighted by Crippen LogP contribution is 2.30. The van der Waals surface area contributed by atoms with Gasteiger partial charge in [0.25, 0.3) is 0 Å². The quantitative estimate of drug-likeness (QED) is 0.790. The van der Waals surface area contributed by atoms with E-state index < -0.39 is 0 Å². The molecule has 1 fully saturated rings. The summed E-state index contributed by atoms with van der Waals surface area (Å²) in [5.41, 5.74) is 1.23. The van der Waals surface area contributed by atoms with Crippen LogP contribution in [0, 0.1) is 5.92 Å². The Hall–Kier alpha value is -1.26. The zero-order valence-corrected chi connectivity index (χ0v) is 13.4. The van der Waals surface area contributed by atoms with E-state index in [1.165, 1.54) is 18.4 Å². The van der Waals surface area contributed by atoms with Gasteiger partial charge in [-0.2, -0.15) is 0 Å². The van der Waals surface area contributed by atoms with Gasteiger partial charge in [-0.25, -0.2) is 0 Å². The lowest BCUT2D eigenvalue weighted by atomic mass is 9.86. The molecular weight excluding hydrogens is 266 g/mol. The second-order valence-electron chi connectivity index (χ2n) is 6.54. The number of quaternary nitrogens is 1. The fourth-order valence-corrected chi connectivity index (χ4v) is 3.08. The first-order chi connectivity index (χ1) is 10.00. The van der Waals surface area contributed by atoms with Crippen LogP contribution in [0.15, 0.2) is 18.2 Å². The van der Waals surface area contributed by atoms with Gasteiger partial charge in [0.15, 0.2) is 11.5 Å². The van der Waals surface area contributed by atoms with Gasteiger partial charge in [-0.3, -0.25) is 0 Å². The maximum absolute atomic E-state index is 9.58. The second-order valence-corrected chi connectivity index (χ2v) is 6.54. The van der Waals surface area contributed by atoms with Crippen LogP contribution in [0.1, 0.15) is 38.7 Å². The summed E-state index contributed by atoms with van der Waals surface area (Å²) in [6.45, 7) is 7.32. The molecule has 0 aromatic heterocycles. The fraction of sp³-hybridized carbons (Fsp3) is 0.647. The first-order valence-corrected chi connectivity index (χ1v) is 7.82. The number of nitrogens with two attached hydrogens (primary N) is 1. The van der Waals surface area contributed by atoms with Crippen LogP contribution < -0.4 is 10.1 Å². The second kappa shape index (κ2) is 7.14. The van der Waals surface area contributed by atoms with Crippen molar-refractivity contribution < 1.29 is 19.9 Å². The van der Waals surface area contributed by atoms with Gasteiger partial charge < -0.3 is 19.9 Å². The molecule has 0 saturated carbocycles. The maximum Gasteiger partial charge on any atom is 0.160 e. The van der Waals surface area contributed by atoms with E-state index in [2.05, 4.69) is 19.2 Å². The number of ether oxygens (including phenoxy) is 2. The molecule has 1 heterocycles. The third kappa shape index (κ3) is 4.90. The Bertz CT molecular complexity index is 459. The molecule has 3 N–H and O–H groups in total. The van der Waals surface area contributed by atoms with E-state index in [0.29, 0.717) is 5.75 Å². The Labute approximate surface area is 127 Å². The normalized spacial score (nSPS) is 21.2. The number of phenols is 1. The Balaban J connectivity index is 1.72. The first-order valence-electron chi connectivity index (χ1n) is 7.82. The predicted molar refractivity (Wildman–Crippen MR) is 82.5 cm³/mol. The molecule has 0 spiro atoms. The molecule has 1 aliphatic heterocycles. The molecule has 0 radical (unpaired) electrons. The van der Waals surface area contributed by atoms with E-state index in [9.17, 15) is 5.11 Å². The van der Waals surface area contributed by atoms with Crippen LogP contribution in [0.25, 0.3) is 0 Å². The van der Waals surface area contributed by atoms with Crippen molar-refractivity contribution >= 4 is 0 Å². The third-order valence-electron chi connectivity index (χ3n) is 4.20. The van der Waals surface area contributed by atoms with Crippen molar-refractivity contribution in [3.05, 3.63) is 23.8 Å². The number of phenolic OH excluding ortho intramolecular Hbond substituents is 1.